The molecule has 1 atom stereocenters. The fourth-order valence-corrected chi connectivity index (χ4v) is 1.60. The lowest BCUT2D eigenvalue weighted by atomic mass is 10.1. The summed E-state index contributed by atoms with van der Waals surface area (Å²) < 4.78 is 0. The number of rotatable bonds is 4. The van der Waals surface area contributed by atoms with Gasteiger partial charge in [0.15, 0.2) is 0 Å². The summed E-state index contributed by atoms with van der Waals surface area (Å²) in [5.41, 5.74) is 6.68. The molecule has 0 bridgehead atoms. The number of nitrogen functional groups attached to an aromatic ring is 1. The maximum Gasteiger partial charge on any atom is 0.244 e. The van der Waals surface area contributed by atoms with Crippen LogP contribution in [0, 0.1) is 0 Å². The van der Waals surface area contributed by atoms with Gasteiger partial charge in [-0.05, 0) is 12.0 Å². The van der Waals surface area contributed by atoms with Crippen LogP contribution in [0.15, 0.2) is 30.3 Å². The number of anilines is 2. The van der Waals surface area contributed by atoms with Gasteiger partial charge in [-0.3, -0.25) is 0 Å². The van der Waals surface area contributed by atoms with E-state index in [1.807, 2.05) is 18.2 Å². The lowest BCUT2D eigenvalue weighted by Crippen LogP contribution is -2.10. The van der Waals surface area contributed by atoms with Gasteiger partial charge in [0.05, 0.1) is 6.04 Å². The van der Waals surface area contributed by atoms with E-state index in [0.29, 0.717) is 11.9 Å². The van der Waals surface area contributed by atoms with E-state index in [1.54, 1.807) is 0 Å². The minimum atomic E-state index is 0.205. The molecule has 84 valence electrons. The molecule has 1 heterocycles. The highest BCUT2D eigenvalue weighted by molar-refractivity contribution is 5.34. The largest absolute Gasteiger partial charge is 0.368 e. The second-order valence-electron chi connectivity index (χ2n) is 3.56. The number of aromatic amines is 1. The molecular weight excluding hydrogens is 202 g/mol. The van der Waals surface area contributed by atoms with Gasteiger partial charge >= 0.3 is 0 Å². The highest BCUT2D eigenvalue weighted by Crippen LogP contribution is 2.20. The standard InChI is InChI=1S/C11H15N5/c1-2-9(8-6-4-3-5-7-8)13-11-14-10(12)15-16-11/h3-7,9H,2H2,1H3,(H4,12,13,14,15,16). The van der Waals surface area contributed by atoms with Crippen molar-refractivity contribution in [3.8, 4) is 0 Å². The molecule has 4 N–H and O–H groups in total. The molecule has 0 saturated carbocycles. The van der Waals surface area contributed by atoms with Crippen molar-refractivity contribution in [3.05, 3.63) is 35.9 Å². The van der Waals surface area contributed by atoms with Gasteiger partial charge in [-0.2, -0.15) is 4.98 Å². The zero-order chi connectivity index (χ0) is 11.4. The third-order valence-corrected chi connectivity index (χ3v) is 2.42. The summed E-state index contributed by atoms with van der Waals surface area (Å²) in [4.78, 5) is 4.02. The molecule has 5 heteroatoms. The Kier molecular flexibility index (Phi) is 3.05. The van der Waals surface area contributed by atoms with Crippen LogP contribution in [0.5, 0.6) is 0 Å². The third kappa shape index (κ3) is 2.31. The lowest BCUT2D eigenvalue weighted by Gasteiger charge is -2.15. The normalized spacial score (nSPS) is 12.3. The van der Waals surface area contributed by atoms with E-state index in [4.69, 9.17) is 5.73 Å². The SMILES string of the molecule is CCC(Nc1n[nH]c(N)n1)c1ccccc1. The number of nitrogens with two attached hydrogens (primary N) is 1. The highest BCUT2D eigenvalue weighted by atomic mass is 15.3. The first-order valence-electron chi connectivity index (χ1n) is 5.29. The first-order valence-corrected chi connectivity index (χ1v) is 5.29. The Balaban J connectivity index is 2.12. The van der Waals surface area contributed by atoms with Gasteiger partial charge in [-0.25, -0.2) is 5.10 Å². The van der Waals surface area contributed by atoms with Crippen LogP contribution in [-0.2, 0) is 0 Å². The molecule has 0 aliphatic heterocycles. The van der Waals surface area contributed by atoms with Crippen LogP contribution in [0.25, 0.3) is 0 Å². The highest BCUT2D eigenvalue weighted by Gasteiger charge is 2.10. The number of nitrogens with zero attached hydrogens (tertiary/aromatic N) is 2. The Morgan fingerprint density at radius 1 is 1.38 bits per heavy atom. The Morgan fingerprint density at radius 2 is 2.12 bits per heavy atom. The molecule has 1 aromatic heterocycles. The van der Waals surface area contributed by atoms with Gasteiger partial charge in [-0.1, -0.05) is 37.3 Å². The van der Waals surface area contributed by atoms with Gasteiger partial charge in [-0.15, -0.1) is 5.10 Å². The zero-order valence-electron chi connectivity index (χ0n) is 9.14. The molecule has 0 aliphatic carbocycles. The predicted octanol–water partition coefficient (Wildman–Crippen LogP) is 1.95. The summed E-state index contributed by atoms with van der Waals surface area (Å²) in [6.07, 6.45) is 0.957. The summed E-state index contributed by atoms with van der Waals surface area (Å²) in [7, 11) is 0. The van der Waals surface area contributed by atoms with E-state index in [0.717, 1.165) is 6.42 Å². The average molecular weight is 217 g/mol. The second kappa shape index (κ2) is 4.65. The molecule has 16 heavy (non-hydrogen) atoms. The number of aromatic nitrogens is 3. The smallest absolute Gasteiger partial charge is 0.244 e. The summed E-state index contributed by atoms with van der Waals surface area (Å²) in [6.45, 7) is 2.11. The summed E-state index contributed by atoms with van der Waals surface area (Å²) >= 11 is 0. The number of benzene rings is 1. The van der Waals surface area contributed by atoms with Crippen molar-refractivity contribution in [2.45, 2.75) is 19.4 Å². The first kappa shape index (κ1) is 10.5. The fourth-order valence-electron chi connectivity index (χ4n) is 1.60. The Labute approximate surface area is 94.1 Å². The third-order valence-electron chi connectivity index (χ3n) is 2.42. The lowest BCUT2D eigenvalue weighted by molar-refractivity contribution is 0.739. The van der Waals surface area contributed by atoms with Crippen molar-refractivity contribution < 1.29 is 0 Å². The number of H-pyrrole nitrogens is 1. The van der Waals surface area contributed by atoms with E-state index < -0.39 is 0 Å². The van der Waals surface area contributed by atoms with E-state index in [9.17, 15) is 0 Å². The molecule has 2 rings (SSSR count). The molecule has 0 aliphatic rings. The number of hydrogen-bond donors (Lipinski definition) is 3. The second-order valence-corrected chi connectivity index (χ2v) is 3.56. The van der Waals surface area contributed by atoms with Crippen LogP contribution in [0.2, 0.25) is 0 Å². The quantitative estimate of drug-likeness (QED) is 0.731. The number of nitrogens with one attached hydrogen (secondary N) is 2. The van der Waals surface area contributed by atoms with Crippen LogP contribution in [0.4, 0.5) is 11.9 Å². The molecule has 0 saturated heterocycles. The van der Waals surface area contributed by atoms with Crippen LogP contribution < -0.4 is 11.1 Å². The molecule has 1 unspecified atom stereocenters. The molecule has 0 spiro atoms. The minimum absolute atomic E-state index is 0.205. The molecule has 0 amide bonds. The van der Waals surface area contributed by atoms with Gasteiger partial charge < -0.3 is 11.1 Å². The van der Waals surface area contributed by atoms with Crippen molar-refractivity contribution in [1.82, 2.24) is 15.2 Å². The summed E-state index contributed by atoms with van der Waals surface area (Å²) in [5.74, 6) is 0.860. The Hall–Kier alpha value is -2.04. The maximum absolute atomic E-state index is 5.47. The van der Waals surface area contributed by atoms with E-state index in [-0.39, 0.29) is 6.04 Å². The van der Waals surface area contributed by atoms with E-state index in [2.05, 4.69) is 39.6 Å². The molecule has 0 fully saturated rings. The molecular formula is C11H15N5. The van der Waals surface area contributed by atoms with Crippen LogP contribution in [-0.4, -0.2) is 15.2 Å². The van der Waals surface area contributed by atoms with Crippen LogP contribution >= 0.6 is 0 Å². The predicted molar refractivity (Wildman–Crippen MR) is 63.9 cm³/mol. The Bertz CT molecular complexity index is 437. The van der Waals surface area contributed by atoms with Crippen molar-refractivity contribution in [3.63, 3.8) is 0 Å². The van der Waals surface area contributed by atoms with E-state index >= 15 is 0 Å². The monoisotopic (exact) mass is 217 g/mol. The Morgan fingerprint density at radius 3 is 2.69 bits per heavy atom. The van der Waals surface area contributed by atoms with Crippen molar-refractivity contribution in [2.75, 3.05) is 11.1 Å². The fraction of sp³-hybridized carbons (Fsp3) is 0.273. The van der Waals surface area contributed by atoms with Gasteiger partial charge in [0.25, 0.3) is 0 Å². The van der Waals surface area contributed by atoms with Gasteiger partial charge in [0.1, 0.15) is 0 Å². The zero-order valence-corrected chi connectivity index (χ0v) is 9.14. The maximum atomic E-state index is 5.47. The van der Waals surface area contributed by atoms with Crippen molar-refractivity contribution >= 4 is 11.9 Å². The number of hydrogen-bond acceptors (Lipinski definition) is 4. The van der Waals surface area contributed by atoms with Crippen LogP contribution in [0.1, 0.15) is 24.9 Å². The minimum Gasteiger partial charge on any atom is -0.368 e. The topological polar surface area (TPSA) is 79.6 Å². The summed E-state index contributed by atoms with van der Waals surface area (Å²) in [6, 6.07) is 10.4. The first-order chi connectivity index (χ1) is 7.79. The van der Waals surface area contributed by atoms with E-state index in [1.165, 1.54) is 5.56 Å². The van der Waals surface area contributed by atoms with Crippen molar-refractivity contribution in [2.24, 2.45) is 0 Å². The molecule has 1 aromatic carbocycles. The molecule has 2 aromatic rings. The van der Waals surface area contributed by atoms with Gasteiger partial charge in [0, 0.05) is 0 Å². The van der Waals surface area contributed by atoms with Crippen molar-refractivity contribution in [1.29, 1.82) is 0 Å². The summed E-state index contributed by atoms with van der Waals surface area (Å²) in [5, 5.41) is 9.79. The average Bonchev–Trinajstić information content (AvgIpc) is 2.73. The van der Waals surface area contributed by atoms with Gasteiger partial charge in [0.2, 0.25) is 11.9 Å². The molecule has 5 nitrogen and oxygen atoms in total. The van der Waals surface area contributed by atoms with Crippen LogP contribution in [0.3, 0.4) is 0 Å². The molecule has 0 radical (unpaired) electrons.